The molecule has 3 rings (SSSR count). The van der Waals surface area contributed by atoms with Gasteiger partial charge in [0.05, 0.1) is 12.2 Å². The largest absolute Gasteiger partial charge is 0.492 e. The lowest BCUT2D eigenvalue weighted by atomic mass is 10.0. The van der Waals surface area contributed by atoms with E-state index in [2.05, 4.69) is 10.5 Å². The zero-order valence-electron chi connectivity index (χ0n) is 14.3. The van der Waals surface area contributed by atoms with Crippen molar-refractivity contribution in [3.05, 3.63) is 71.4 Å². The first-order valence-electron chi connectivity index (χ1n) is 8.15. The Bertz CT molecular complexity index is 856. The molecule has 128 valence electrons. The number of benzene rings is 2. The number of aryl methyl sites for hydroxylation is 2. The average Bonchev–Trinajstić information content (AvgIpc) is 3.01. The first-order valence-corrected chi connectivity index (χ1v) is 8.15. The average molecular weight is 336 g/mol. The predicted molar refractivity (Wildman–Crippen MR) is 95.7 cm³/mol. The molecule has 1 N–H and O–H groups in total. The molecule has 0 aliphatic heterocycles. The standard InChI is InChI=1S/C20H20N2O3/c1-14-8-6-7-11-17(14)19-18(15(2)22-25-19)20(23)21-12-13-24-16-9-4-3-5-10-16/h3-11H,12-13H2,1-2H3,(H,21,23). The number of aromatic nitrogens is 1. The molecule has 0 saturated carbocycles. The van der Waals surface area contributed by atoms with Gasteiger partial charge in [-0.25, -0.2) is 0 Å². The third kappa shape index (κ3) is 3.88. The number of ether oxygens (including phenoxy) is 1. The molecule has 1 heterocycles. The smallest absolute Gasteiger partial charge is 0.257 e. The van der Waals surface area contributed by atoms with Gasteiger partial charge in [-0.05, 0) is 31.5 Å². The van der Waals surface area contributed by atoms with Gasteiger partial charge in [-0.15, -0.1) is 0 Å². The molecule has 0 spiro atoms. The van der Waals surface area contributed by atoms with Gasteiger partial charge >= 0.3 is 0 Å². The molecule has 3 aromatic rings. The molecule has 5 nitrogen and oxygen atoms in total. The van der Waals surface area contributed by atoms with E-state index in [1.54, 1.807) is 6.92 Å². The van der Waals surface area contributed by atoms with Crippen LogP contribution < -0.4 is 10.1 Å². The van der Waals surface area contributed by atoms with Gasteiger partial charge in [-0.2, -0.15) is 0 Å². The number of hydrogen-bond donors (Lipinski definition) is 1. The summed E-state index contributed by atoms with van der Waals surface area (Å²) in [6.45, 7) is 4.52. The second-order valence-electron chi connectivity index (χ2n) is 5.70. The Kier molecular flexibility index (Phi) is 5.14. The lowest BCUT2D eigenvalue weighted by Gasteiger charge is -2.08. The third-order valence-electron chi connectivity index (χ3n) is 3.88. The van der Waals surface area contributed by atoms with Gasteiger partial charge in [0.25, 0.3) is 5.91 Å². The van der Waals surface area contributed by atoms with Crippen LogP contribution in [0.4, 0.5) is 0 Å². The van der Waals surface area contributed by atoms with Crippen molar-refractivity contribution >= 4 is 5.91 Å². The Morgan fingerprint density at radius 1 is 1.08 bits per heavy atom. The van der Waals surface area contributed by atoms with Crippen molar-refractivity contribution in [3.63, 3.8) is 0 Å². The second-order valence-corrected chi connectivity index (χ2v) is 5.70. The molecule has 0 radical (unpaired) electrons. The Morgan fingerprint density at radius 3 is 2.56 bits per heavy atom. The van der Waals surface area contributed by atoms with E-state index in [-0.39, 0.29) is 5.91 Å². The van der Waals surface area contributed by atoms with Crippen LogP contribution in [0.2, 0.25) is 0 Å². The van der Waals surface area contributed by atoms with Crippen molar-refractivity contribution in [3.8, 4) is 17.1 Å². The minimum Gasteiger partial charge on any atom is -0.492 e. The fraction of sp³-hybridized carbons (Fsp3) is 0.200. The summed E-state index contributed by atoms with van der Waals surface area (Å²) in [5, 5.41) is 6.83. The first-order chi connectivity index (χ1) is 12.2. The van der Waals surface area contributed by atoms with Gasteiger partial charge in [0.2, 0.25) is 0 Å². The minimum atomic E-state index is -0.214. The quantitative estimate of drug-likeness (QED) is 0.696. The molecule has 0 atom stereocenters. The van der Waals surface area contributed by atoms with Crippen LogP contribution in [0.3, 0.4) is 0 Å². The number of carbonyl (C=O) groups is 1. The highest BCUT2D eigenvalue weighted by Crippen LogP contribution is 2.28. The highest BCUT2D eigenvalue weighted by atomic mass is 16.5. The Hall–Kier alpha value is -3.08. The zero-order valence-corrected chi connectivity index (χ0v) is 14.3. The molecular weight excluding hydrogens is 316 g/mol. The lowest BCUT2D eigenvalue weighted by Crippen LogP contribution is -2.28. The molecule has 5 heteroatoms. The molecule has 0 bridgehead atoms. The van der Waals surface area contributed by atoms with E-state index < -0.39 is 0 Å². The van der Waals surface area contributed by atoms with E-state index >= 15 is 0 Å². The summed E-state index contributed by atoms with van der Waals surface area (Å²) >= 11 is 0. The fourth-order valence-electron chi connectivity index (χ4n) is 2.59. The molecule has 0 aliphatic rings. The van der Waals surface area contributed by atoms with Gasteiger partial charge in [0.1, 0.15) is 17.9 Å². The van der Waals surface area contributed by atoms with E-state index in [0.29, 0.717) is 30.2 Å². The van der Waals surface area contributed by atoms with Gasteiger partial charge in [-0.1, -0.05) is 47.6 Å². The topological polar surface area (TPSA) is 64.4 Å². The maximum absolute atomic E-state index is 12.6. The number of rotatable bonds is 6. The summed E-state index contributed by atoms with van der Waals surface area (Å²) in [5.74, 6) is 1.06. The summed E-state index contributed by atoms with van der Waals surface area (Å²) in [6.07, 6.45) is 0. The van der Waals surface area contributed by atoms with Crippen LogP contribution in [0, 0.1) is 13.8 Å². The molecule has 1 aromatic heterocycles. The Labute approximate surface area is 146 Å². The van der Waals surface area contributed by atoms with Gasteiger partial charge in [0, 0.05) is 5.56 Å². The van der Waals surface area contributed by atoms with Gasteiger partial charge < -0.3 is 14.6 Å². The van der Waals surface area contributed by atoms with Crippen LogP contribution in [0.5, 0.6) is 5.75 Å². The predicted octanol–water partition coefficient (Wildman–Crippen LogP) is 3.77. The fourth-order valence-corrected chi connectivity index (χ4v) is 2.59. The zero-order chi connectivity index (χ0) is 17.6. The molecule has 25 heavy (non-hydrogen) atoms. The summed E-state index contributed by atoms with van der Waals surface area (Å²) < 4.78 is 11.0. The molecule has 0 saturated heterocycles. The number of para-hydroxylation sites is 1. The second kappa shape index (κ2) is 7.66. The molecule has 0 fully saturated rings. The van der Waals surface area contributed by atoms with Crippen molar-refractivity contribution in [2.45, 2.75) is 13.8 Å². The number of carbonyl (C=O) groups excluding carboxylic acids is 1. The number of amides is 1. The highest BCUT2D eigenvalue weighted by molar-refractivity contribution is 6.00. The SMILES string of the molecule is Cc1ccccc1-c1onc(C)c1C(=O)NCCOc1ccccc1. The van der Waals surface area contributed by atoms with Crippen LogP contribution in [0.15, 0.2) is 59.1 Å². The van der Waals surface area contributed by atoms with Crippen molar-refractivity contribution in [2.75, 3.05) is 13.2 Å². The van der Waals surface area contributed by atoms with Crippen molar-refractivity contribution in [2.24, 2.45) is 0 Å². The number of nitrogens with zero attached hydrogens (tertiary/aromatic N) is 1. The van der Waals surface area contributed by atoms with Gasteiger partial charge in [-0.3, -0.25) is 4.79 Å². The monoisotopic (exact) mass is 336 g/mol. The van der Waals surface area contributed by atoms with Crippen LogP contribution in [0.1, 0.15) is 21.6 Å². The summed E-state index contributed by atoms with van der Waals surface area (Å²) in [5.41, 5.74) is 2.93. The number of nitrogens with one attached hydrogen (secondary N) is 1. The van der Waals surface area contributed by atoms with E-state index in [0.717, 1.165) is 16.9 Å². The normalized spacial score (nSPS) is 10.5. The van der Waals surface area contributed by atoms with Crippen LogP contribution >= 0.6 is 0 Å². The Balaban J connectivity index is 1.66. The molecule has 0 aliphatic carbocycles. The van der Waals surface area contributed by atoms with E-state index in [1.807, 2.05) is 61.5 Å². The van der Waals surface area contributed by atoms with Crippen molar-refractivity contribution in [1.82, 2.24) is 10.5 Å². The van der Waals surface area contributed by atoms with Crippen LogP contribution in [0.25, 0.3) is 11.3 Å². The Morgan fingerprint density at radius 2 is 1.80 bits per heavy atom. The lowest BCUT2D eigenvalue weighted by molar-refractivity contribution is 0.0946. The van der Waals surface area contributed by atoms with E-state index in [9.17, 15) is 4.79 Å². The number of hydrogen-bond acceptors (Lipinski definition) is 4. The highest BCUT2D eigenvalue weighted by Gasteiger charge is 2.22. The maximum atomic E-state index is 12.6. The first kappa shape index (κ1) is 16.8. The maximum Gasteiger partial charge on any atom is 0.257 e. The molecular formula is C20H20N2O3. The van der Waals surface area contributed by atoms with Crippen molar-refractivity contribution < 1.29 is 14.1 Å². The summed E-state index contributed by atoms with van der Waals surface area (Å²) in [4.78, 5) is 12.6. The summed E-state index contributed by atoms with van der Waals surface area (Å²) in [6, 6.07) is 17.2. The van der Waals surface area contributed by atoms with Crippen LogP contribution in [-0.2, 0) is 0 Å². The van der Waals surface area contributed by atoms with Crippen LogP contribution in [-0.4, -0.2) is 24.2 Å². The van der Waals surface area contributed by atoms with E-state index in [1.165, 1.54) is 0 Å². The van der Waals surface area contributed by atoms with E-state index in [4.69, 9.17) is 9.26 Å². The third-order valence-corrected chi connectivity index (χ3v) is 3.88. The molecule has 1 amide bonds. The molecule has 2 aromatic carbocycles. The molecule has 0 unspecified atom stereocenters. The summed E-state index contributed by atoms with van der Waals surface area (Å²) in [7, 11) is 0. The van der Waals surface area contributed by atoms with Gasteiger partial charge in [0.15, 0.2) is 5.76 Å². The van der Waals surface area contributed by atoms with Crippen molar-refractivity contribution in [1.29, 1.82) is 0 Å². The minimum absolute atomic E-state index is 0.214.